The van der Waals surface area contributed by atoms with E-state index >= 15 is 0 Å². The highest BCUT2D eigenvalue weighted by molar-refractivity contribution is 8.01. The lowest BCUT2D eigenvalue weighted by Gasteiger charge is -2.38. The zero-order valence-corrected chi connectivity index (χ0v) is 22.1. The number of thioether (sulfide) groups is 1. The second kappa shape index (κ2) is 12.4. The molecule has 1 fully saturated rings. The zero-order chi connectivity index (χ0) is 24.8. The molecule has 5 nitrogen and oxygen atoms in total. The van der Waals surface area contributed by atoms with Crippen molar-refractivity contribution in [3.05, 3.63) is 52.2 Å². The molecule has 0 spiro atoms. The highest BCUT2D eigenvalue weighted by Crippen LogP contribution is 2.34. The third-order valence-corrected chi connectivity index (χ3v) is 9.27. The van der Waals surface area contributed by atoms with Gasteiger partial charge in [0.2, 0.25) is 0 Å². The van der Waals surface area contributed by atoms with Crippen LogP contribution in [0, 0.1) is 17.7 Å². The van der Waals surface area contributed by atoms with Gasteiger partial charge in [-0.3, -0.25) is 9.78 Å². The number of ether oxygens (including phenoxy) is 1. The van der Waals surface area contributed by atoms with Crippen LogP contribution in [-0.2, 0) is 11.2 Å². The van der Waals surface area contributed by atoms with Crippen molar-refractivity contribution in [2.75, 3.05) is 32.5 Å². The first kappa shape index (κ1) is 26.2. The van der Waals surface area contributed by atoms with Gasteiger partial charge < -0.3 is 14.7 Å². The number of hydrogen-bond donors (Lipinski definition) is 1. The fourth-order valence-corrected chi connectivity index (χ4v) is 7.14. The van der Waals surface area contributed by atoms with E-state index in [1.807, 2.05) is 18.2 Å². The molecule has 1 aliphatic rings. The molecule has 0 unspecified atom stereocenters. The molecule has 188 valence electrons. The van der Waals surface area contributed by atoms with E-state index in [0.717, 1.165) is 77.5 Å². The van der Waals surface area contributed by atoms with E-state index in [2.05, 4.69) is 9.88 Å². The number of carboxylic acids is 1. The van der Waals surface area contributed by atoms with Crippen molar-refractivity contribution < 1.29 is 19.0 Å². The number of carboxylic acid groups (broad SMARTS) is 1. The number of rotatable bonds is 11. The Bertz CT molecular complexity index is 1160. The van der Waals surface area contributed by atoms with Gasteiger partial charge in [0, 0.05) is 36.8 Å². The molecule has 0 bridgehead atoms. The van der Waals surface area contributed by atoms with Gasteiger partial charge >= 0.3 is 5.97 Å². The Labute approximate surface area is 218 Å². The van der Waals surface area contributed by atoms with Gasteiger partial charge in [0.1, 0.15) is 11.6 Å². The SMILES string of the molecule is COc1ccc2ncc(Cl)c(CCC[C@@H]3CCN(CCSc4sccc4F)C[C@H]3CC(=O)O)c2c1. The van der Waals surface area contributed by atoms with Gasteiger partial charge in [-0.1, -0.05) is 11.6 Å². The quantitative estimate of drug-likeness (QED) is 0.278. The fourth-order valence-electron chi connectivity index (χ4n) is 4.97. The number of hydrogen-bond acceptors (Lipinski definition) is 6. The predicted molar refractivity (Wildman–Crippen MR) is 142 cm³/mol. The molecule has 2 atom stereocenters. The molecule has 0 amide bonds. The molecule has 0 radical (unpaired) electrons. The maximum Gasteiger partial charge on any atom is 0.303 e. The van der Waals surface area contributed by atoms with E-state index in [1.165, 1.54) is 29.2 Å². The maximum atomic E-state index is 13.7. The van der Waals surface area contributed by atoms with Crippen LogP contribution in [0.4, 0.5) is 4.39 Å². The summed E-state index contributed by atoms with van der Waals surface area (Å²) in [7, 11) is 1.65. The molecule has 3 aromatic rings. The fraction of sp³-hybridized carbons (Fsp3) is 0.462. The second-order valence-corrected chi connectivity index (χ2v) is 11.7. The molecule has 1 aromatic carbocycles. The number of aromatic nitrogens is 1. The third kappa shape index (κ3) is 6.88. The number of aliphatic carboxylic acids is 1. The number of aryl methyl sites for hydroxylation is 1. The Hall–Kier alpha value is -1.87. The van der Waals surface area contributed by atoms with E-state index in [0.29, 0.717) is 10.9 Å². The molecule has 9 heteroatoms. The van der Waals surface area contributed by atoms with Crippen molar-refractivity contribution in [2.45, 2.75) is 36.3 Å². The van der Waals surface area contributed by atoms with Gasteiger partial charge in [-0.2, -0.15) is 0 Å². The first-order valence-corrected chi connectivity index (χ1v) is 14.1. The molecular weight excluding hydrogens is 507 g/mol. The third-order valence-electron chi connectivity index (χ3n) is 6.77. The summed E-state index contributed by atoms with van der Waals surface area (Å²) in [5.74, 6) is 1.17. The lowest BCUT2D eigenvalue weighted by molar-refractivity contribution is -0.139. The Morgan fingerprint density at radius 2 is 2.23 bits per heavy atom. The summed E-state index contributed by atoms with van der Waals surface area (Å²) in [5, 5.41) is 12.9. The topological polar surface area (TPSA) is 62.7 Å². The van der Waals surface area contributed by atoms with Crippen LogP contribution in [-0.4, -0.2) is 53.5 Å². The van der Waals surface area contributed by atoms with Crippen molar-refractivity contribution in [1.82, 2.24) is 9.88 Å². The maximum absolute atomic E-state index is 13.7. The first-order chi connectivity index (χ1) is 16.9. The summed E-state index contributed by atoms with van der Waals surface area (Å²) >= 11 is 9.49. The predicted octanol–water partition coefficient (Wildman–Crippen LogP) is 6.63. The molecule has 1 aliphatic heterocycles. The van der Waals surface area contributed by atoms with Crippen LogP contribution in [0.15, 0.2) is 40.1 Å². The number of pyridine rings is 1. The summed E-state index contributed by atoms with van der Waals surface area (Å²) < 4.78 is 19.8. The molecular formula is C26H30ClFN2O3S2. The Morgan fingerprint density at radius 1 is 1.37 bits per heavy atom. The Balaban J connectivity index is 1.34. The summed E-state index contributed by atoms with van der Waals surface area (Å²) in [6, 6.07) is 7.32. The summed E-state index contributed by atoms with van der Waals surface area (Å²) in [5.41, 5.74) is 1.96. The number of piperidine rings is 1. The summed E-state index contributed by atoms with van der Waals surface area (Å²) in [4.78, 5) is 18.3. The van der Waals surface area contributed by atoms with E-state index in [9.17, 15) is 14.3 Å². The smallest absolute Gasteiger partial charge is 0.303 e. The average Bonchev–Trinajstić information content (AvgIpc) is 3.25. The number of fused-ring (bicyclic) bond motifs is 1. The van der Waals surface area contributed by atoms with Crippen molar-refractivity contribution >= 4 is 51.6 Å². The zero-order valence-electron chi connectivity index (χ0n) is 19.7. The van der Waals surface area contributed by atoms with Crippen molar-refractivity contribution in [2.24, 2.45) is 11.8 Å². The van der Waals surface area contributed by atoms with E-state index in [4.69, 9.17) is 16.3 Å². The van der Waals surface area contributed by atoms with Gasteiger partial charge in [-0.05, 0) is 79.3 Å². The monoisotopic (exact) mass is 536 g/mol. The average molecular weight is 537 g/mol. The molecule has 3 heterocycles. The number of likely N-dealkylation sites (tertiary alicyclic amines) is 1. The minimum Gasteiger partial charge on any atom is -0.497 e. The number of thiophene rings is 1. The highest BCUT2D eigenvalue weighted by Gasteiger charge is 2.30. The normalized spacial score (nSPS) is 18.7. The molecule has 0 aliphatic carbocycles. The van der Waals surface area contributed by atoms with Crippen molar-refractivity contribution in [3.8, 4) is 5.75 Å². The summed E-state index contributed by atoms with van der Waals surface area (Å²) in [6.45, 7) is 2.57. The number of halogens is 2. The van der Waals surface area contributed by atoms with Crippen LogP contribution in [0.2, 0.25) is 5.02 Å². The molecule has 1 N–H and O–H groups in total. The van der Waals surface area contributed by atoms with Crippen LogP contribution in [0.25, 0.3) is 10.9 Å². The minimum atomic E-state index is -0.743. The first-order valence-electron chi connectivity index (χ1n) is 11.9. The lowest BCUT2D eigenvalue weighted by Crippen LogP contribution is -2.42. The number of benzene rings is 1. The lowest BCUT2D eigenvalue weighted by atomic mass is 9.80. The second-order valence-electron chi connectivity index (χ2n) is 8.97. The largest absolute Gasteiger partial charge is 0.497 e. The van der Waals surface area contributed by atoms with Crippen LogP contribution >= 0.6 is 34.7 Å². The Kier molecular flexibility index (Phi) is 9.27. The Morgan fingerprint density at radius 3 is 2.97 bits per heavy atom. The molecule has 35 heavy (non-hydrogen) atoms. The molecule has 0 saturated carbocycles. The van der Waals surface area contributed by atoms with Crippen LogP contribution < -0.4 is 4.74 Å². The molecule has 4 rings (SSSR count). The van der Waals surface area contributed by atoms with Crippen LogP contribution in [0.5, 0.6) is 5.75 Å². The van der Waals surface area contributed by atoms with E-state index < -0.39 is 5.97 Å². The molecule has 2 aromatic heterocycles. The number of methoxy groups -OCH3 is 1. The van der Waals surface area contributed by atoms with Gasteiger partial charge in [-0.15, -0.1) is 23.1 Å². The van der Waals surface area contributed by atoms with Crippen molar-refractivity contribution in [1.29, 1.82) is 0 Å². The molecule has 1 saturated heterocycles. The van der Waals surface area contributed by atoms with Gasteiger partial charge in [0.25, 0.3) is 0 Å². The van der Waals surface area contributed by atoms with Gasteiger partial charge in [0.15, 0.2) is 0 Å². The standard InChI is InChI=1S/C26H30ClFN2O3S2/c1-33-19-5-6-24-21(14-19)20(22(27)15-29-24)4-2-3-17-7-9-30(16-18(17)13-25(31)32)10-12-35-26-23(28)8-11-34-26/h5-6,8,11,14-15,17-18H,2-4,7,9-10,12-13,16H2,1H3,(H,31,32)/t17-,18-/m1/s1. The number of carbonyl (C=O) groups is 1. The minimum absolute atomic E-state index is 0.120. The van der Waals surface area contributed by atoms with Gasteiger partial charge in [-0.25, -0.2) is 4.39 Å². The van der Waals surface area contributed by atoms with E-state index in [-0.39, 0.29) is 18.2 Å². The highest BCUT2D eigenvalue weighted by atomic mass is 35.5. The summed E-state index contributed by atoms with van der Waals surface area (Å²) in [6.07, 6.45) is 5.58. The van der Waals surface area contributed by atoms with Crippen molar-refractivity contribution in [3.63, 3.8) is 0 Å². The van der Waals surface area contributed by atoms with Crippen LogP contribution in [0.3, 0.4) is 0 Å². The van der Waals surface area contributed by atoms with Crippen LogP contribution in [0.1, 0.15) is 31.2 Å². The van der Waals surface area contributed by atoms with E-state index in [1.54, 1.807) is 18.7 Å². The number of nitrogens with zero attached hydrogens (tertiary/aromatic N) is 2. The van der Waals surface area contributed by atoms with Gasteiger partial charge in [0.05, 0.1) is 21.9 Å².